The van der Waals surface area contributed by atoms with Crippen LogP contribution in [-0.4, -0.2) is 64.1 Å². The number of piperidine rings is 1. The van der Waals surface area contributed by atoms with Crippen molar-refractivity contribution in [1.82, 2.24) is 14.7 Å². The third-order valence-electron chi connectivity index (χ3n) is 6.94. The largest absolute Gasteiger partial charge is 0.341 e. The van der Waals surface area contributed by atoms with Crippen molar-refractivity contribution >= 4 is 29.3 Å². The SMILES string of the molecule is O=C(C1CCCN1C(=O)c1cccc(Cl)c1)N1CCC(N2Cc3ccccc3C2=O)CC1. The molecule has 5 rings (SSSR count). The molecule has 2 fully saturated rings. The van der Waals surface area contributed by atoms with Crippen LogP contribution in [0.15, 0.2) is 48.5 Å². The van der Waals surface area contributed by atoms with Crippen molar-refractivity contribution < 1.29 is 14.4 Å². The van der Waals surface area contributed by atoms with Gasteiger partial charge in [0.05, 0.1) is 0 Å². The van der Waals surface area contributed by atoms with E-state index in [2.05, 4.69) is 0 Å². The van der Waals surface area contributed by atoms with Gasteiger partial charge in [-0.3, -0.25) is 14.4 Å². The van der Waals surface area contributed by atoms with Crippen LogP contribution in [0, 0.1) is 0 Å². The first kappa shape index (κ1) is 21.0. The van der Waals surface area contributed by atoms with E-state index in [1.165, 1.54) is 0 Å². The second-order valence-electron chi connectivity index (χ2n) is 8.81. The van der Waals surface area contributed by atoms with Gasteiger partial charge in [-0.05, 0) is 55.5 Å². The van der Waals surface area contributed by atoms with Crippen LogP contribution in [0.3, 0.4) is 0 Å². The minimum atomic E-state index is -0.421. The Morgan fingerprint density at radius 1 is 0.938 bits per heavy atom. The number of benzene rings is 2. The average Bonchev–Trinajstić information content (AvgIpc) is 3.44. The monoisotopic (exact) mass is 451 g/mol. The smallest absolute Gasteiger partial charge is 0.254 e. The Labute approximate surface area is 192 Å². The van der Waals surface area contributed by atoms with Crippen molar-refractivity contribution in [3.63, 3.8) is 0 Å². The predicted molar refractivity (Wildman–Crippen MR) is 121 cm³/mol. The molecule has 0 aromatic heterocycles. The molecule has 2 aromatic carbocycles. The average molecular weight is 452 g/mol. The summed E-state index contributed by atoms with van der Waals surface area (Å²) in [5, 5.41) is 0.513. The van der Waals surface area contributed by atoms with Gasteiger partial charge in [-0.1, -0.05) is 35.9 Å². The van der Waals surface area contributed by atoms with Gasteiger partial charge < -0.3 is 14.7 Å². The highest BCUT2D eigenvalue weighted by Gasteiger charge is 2.40. The van der Waals surface area contributed by atoms with Crippen LogP contribution in [0.25, 0.3) is 0 Å². The molecule has 0 bridgehead atoms. The number of fused-ring (bicyclic) bond motifs is 1. The molecule has 1 atom stereocenters. The second kappa shape index (κ2) is 8.58. The highest BCUT2D eigenvalue weighted by molar-refractivity contribution is 6.31. The second-order valence-corrected chi connectivity index (χ2v) is 9.25. The summed E-state index contributed by atoms with van der Waals surface area (Å²) in [4.78, 5) is 44.6. The molecule has 3 aliphatic rings. The minimum absolute atomic E-state index is 0.0207. The predicted octanol–water partition coefficient (Wildman–Crippen LogP) is 3.59. The quantitative estimate of drug-likeness (QED) is 0.716. The van der Waals surface area contributed by atoms with Crippen molar-refractivity contribution in [1.29, 1.82) is 0 Å². The van der Waals surface area contributed by atoms with Crippen LogP contribution >= 0.6 is 11.6 Å². The first-order chi connectivity index (χ1) is 15.5. The Hall–Kier alpha value is -2.86. The van der Waals surface area contributed by atoms with E-state index in [4.69, 9.17) is 11.6 Å². The molecule has 0 aliphatic carbocycles. The number of hydrogen-bond donors (Lipinski definition) is 0. The zero-order chi connectivity index (χ0) is 22.2. The lowest BCUT2D eigenvalue weighted by Crippen LogP contribution is -2.52. The number of likely N-dealkylation sites (tertiary alicyclic amines) is 2. The molecule has 2 aromatic rings. The lowest BCUT2D eigenvalue weighted by molar-refractivity contribution is -0.136. The molecule has 0 spiro atoms. The zero-order valence-electron chi connectivity index (χ0n) is 17.9. The Balaban J connectivity index is 1.22. The third-order valence-corrected chi connectivity index (χ3v) is 7.17. The molecule has 1 unspecified atom stereocenters. The summed E-state index contributed by atoms with van der Waals surface area (Å²) in [6.07, 6.45) is 3.03. The van der Waals surface area contributed by atoms with E-state index in [1.807, 2.05) is 34.1 Å². The van der Waals surface area contributed by atoms with Crippen molar-refractivity contribution in [3.05, 3.63) is 70.2 Å². The topological polar surface area (TPSA) is 60.9 Å². The first-order valence-electron chi connectivity index (χ1n) is 11.3. The maximum Gasteiger partial charge on any atom is 0.254 e. The van der Waals surface area contributed by atoms with Crippen molar-refractivity contribution in [2.24, 2.45) is 0 Å². The van der Waals surface area contributed by atoms with Crippen LogP contribution in [0.5, 0.6) is 0 Å². The fourth-order valence-electron chi connectivity index (χ4n) is 5.23. The van der Waals surface area contributed by atoms with Crippen molar-refractivity contribution in [3.8, 4) is 0 Å². The number of halogens is 1. The van der Waals surface area contributed by atoms with E-state index in [0.29, 0.717) is 43.2 Å². The van der Waals surface area contributed by atoms with Gasteiger partial charge in [0.1, 0.15) is 6.04 Å². The number of rotatable bonds is 3. The highest BCUT2D eigenvalue weighted by Crippen LogP contribution is 2.30. The summed E-state index contributed by atoms with van der Waals surface area (Å²) in [6, 6.07) is 14.4. The van der Waals surface area contributed by atoms with Gasteiger partial charge >= 0.3 is 0 Å². The van der Waals surface area contributed by atoms with Gasteiger partial charge in [0.15, 0.2) is 0 Å². The molecular weight excluding hydrogens is 426 g/mol. The number of amides is 3. The fraction of sp³-hybridized carbons (Fsp3) is 0.400. The number of carbonyl (C=O) groups excluding carboxylic acids is 3. The summed E-state index contributed by atoms with van der Waals surface area (Å²) >= 11 is 6.05. The molecule has 6 nitrogen and oxygen atoms in total. The van der Waals surface area contributed by atoms with Gasteiger partial charge in [0.2, 0.25) is 5.91 Å². The van der Waals surface area contributed by atoms with Crippen LogP contribution in [-0.2, 0) is 11.3 Å². The van der Waals surface area contributed by atoms with Gasteiger partial charge in [-0.15, -0.1) is 0 Å². The van der Waals surface area contributed by atoms with Crippen molar-refractivity contribution in [2.75, 3.05) is 19.6 Å². The molecule has 0 radical (unpaired) electrons. The Morgan fingerprint density at radius 2 is 1.72 bits per heavy atom. The number of nitrogens with zero attached hydrogens (tertiary/aromatic N) is 3. The van der Waals surface area contributed by atoms with Gasteiger partial charge in [0.25, 0.3) is 11.8 Å². The molecule has 166 valence electrons. The van der Waals surface area contributed by atoms with Crippen LogP contribution < -0.4 is 0 Å². The zero-order valence-corrected chi connectivity index (χ0v) is 18.6. The Bertz CT molecular complexity index is 1060. The van der Waals surface area contributed by atoms with E-state index in [-0.39, 0.29) is 23.8 Å². The van der Waals surface area contributed by atoms with Gasteiger partial charge in [-0.25, -0.2) is 0 Å². The van der Waals surface area contributed by atoms with E-state index >= 15 is 0 Å². The molecule has 3 heterocycles. The first-order valence-corrected chi connectivity index (χ1v) is 11.6. The molecular formula is C25H26ClN3O3. The molecule has 7 heteroatoms. The number of hydrogen-bond acceptors (Lipinski definition) is 3. The summed E-state index contributed by atoms with van der Waals surface area (Å²) in [6.45, 7) is 2.45. The Kier molecular flexibility index (Phi) is 5.64. The molecule has 3 aliphatic heterocycles. The van der Waals surface area contributed by atoms with E-state index in [9.17, 15) is 14.4 Å². The number of carbonyl (C=O) groups is 3. The maximum absolute atomic E-state index is 13.3. The van der Waals surface area contributed by atoms with Crippen LogP contribution in [0.1, 0.15) is 52.0 Å². The highest BCUT2D eigenvalue weighted by atomic mass is 35.5. The lowest BCUT2D eigenvalue weighted by atomic mass is 10.0. The normalized spacial score (nSPS) is 21.2. The fourth-order valence-corrected chi connectivity index (χ4v) is 5.42. The maximum atomic E-state index is 13.3. The molecule has 2 saturated heterocycles. The molecule has 32 heavy (non-hydrogen) atoms. The molecule has 0 N–H and O–H groups in total. The standard InChI is InChI=1S/C25H26ClN3O3/c26-19-7-3-6-17(15-19)23(30)28-12-4-9-22(28)25(32)27-13-10-20(11-14-27)29-16-18-5-1-2-8-21(18)24(29)31/h1-3,5-8,15,20,22H,4,9-14,16H2. The van der Waals surface area contributed by atoms with E-state index in [0.717, 1.165) is 30.4 Å². The summed E-state index contributed by atoms with van der Waals surface area (Å²) in [7, 11) is 0. The summed E-state index contributed by atoms with van der Waals surface area (Å²) in [5.41, 5.74) is 2.40. The molecule has 3 amide bonds. The van der Waals surface area contributed by atoms with E-state index < -0.39 is 6.04 Å². The van der Waals surface area contributed by atoms with Gasteiger partial charge in [-0.2, -0.15) is 0 Å². The minimum Gasteiger partial charge on any atom is -0.341 e. The van der Waals surface area contributed by atoms with E-state index in [1.54, 1.807) is 29.2 Å². The Morgan fingerprint density at radius 3 is 2.47 bits per heavy atom. The summed E-state index contributed by atoms with van der Waals surface area (Å²) < 4.78 is 0. The van der Waals surface area contributed by atoms with Crippen LogP contribution in [0.4, 0.5) is 0 Å². The molecule has 0 saturated carbocycles. The summed E-state index contributed by atoms with van der Waals surface area (Å²) in [5.74, 6) is -0.0227. The van der Waals surface area contributed by atoms with Crippen molar-refractivity contribution in [2.45, 2.75) is 44.3 Å². The third kappa shape index (κ3) is 3.77. The lowest BCUT2D eigenvalue weighted by Gasteiger charge is -2.38. The van der Waals surface area contributed by atoms with Gasteiger partial charge in [0, 0.05) is 48.4 Å². The van der Waals surface area contributed by atoms with Crippen LogP contribution in [0.2, 0.25) is 5.02 Å².